The third kappa shape index (κ3) is 7.69. The van der Waals surface area contributed by atoms with Gasteiger partial charge in [0.2, 0.25) is 5.43 Å². The number of aromatic nitrogens is 1. The summed E-state index contributed by atoms with van der Waals surface area (Å²) in [6, 6.07) is 2.94. The number of carboxylic acid groups (broad SMARTS) is 2. The molecule has 0 bridgehead atoms. The Morgan fingerprint density at radius 2 is 1.92 bits per heavy atom. The zero-order valence-corrected chi connectivity index (χ0v) is 23.3. The van der Waals surface area contributed by atoms with Crippen LogP contribution in [-0.2, 0) is 6.54 Å². The van der Waals surface area contributed by atoms with Gasteiger partial charge < -0.3 is 24.3 Å². The number of ether oxygens (including phenoxy) is 1. The van der Waals surface area contributed by atoms with Crippen LogP contribution >= 0.6 is 22.6 Å². The fourth-order valence-corrected chi connectivity index (χ4v) is 2.89. The molecule has 1 aliphatic carbocycles. The first-order valence-corrected chi connectivity index (χ1v) is 8.45. The first kappa shape index (κ1) is 27.4. The molecule has 1 aromatic heterocycles. The van der Waals surface area contributed by atoms with Crippen LogP contribution in [0.15, 0.2) is 23.1 Å². The zero-order chi connectivity index (χ0) is 17.9. The molecule has 0 N–H and O–H groups in total. The fourth-order valence-electron chi connectivity index (χ4n) is 2.29. The van der Waals surface area contributed by atoms with Gasteiger partial charge in [0.25, 0.3) is 0 Å². The molecule has 2 aromatic rings. The summed E-state index contributed by atoms with van der Waals surface area (Å²) >= 11 is 1.95. The van der Waals surface area contributed by atoms with E-state index in [0.29, 0.717) is 33.9 Å². The average Bonchev–Trinajstić information content (AvgIpc) is 3.33. The third-order valence-electron chi connectivity index (χ3n) is 3.60. The minimum Gasteiger partial charge on any atom is -0.652 e. The molecule has 0 amide bonds. The summed E-state index contributed by atoms with van der Waals surface area (Å²) in [4.78, 5) is 20.5. The van der Waals surface area contributed by atoms with Crippen molar-refractivity contribution in [2.45, 2.75) is 26.3 Å². The van der Waals surface area contributed by atoms with E-state index in [0.717, 1.165) is 0 Å². The summed E-state index contributed by atoms with van der Waals surface area (Å²) in [6.45, 7) is 3.27. The molecular weight excluding hydrogens is 510 g/mol. The van der Waals surface area contributed by atoms with E-state index in [-0.39, 0.29) is 114 Å². The summed E-state index contributed by atoms with van der Waals surface area (Å²) in [6.07, 6.45) is 1.81. The number of nitrogens with zero attached hydrogens (tertiary/aromatic N) is 1. The minimum absolute atomic E-state index is 0. The van der Waals surface area contributed by atoms with Gasteiger partial charge in [-0.05, 0) is 66.6 Å². The Hall–Kier alpha value is 1.43. The van der Waals surface area contributed by atoms with Gasteiger partial charge in [-0.2, -0.15) is 0 Å². The van der Waals surface area contributed by atoms with Gasteiger partial charge in [0, 0.05) is 12.7 Å². The van der Waals surface area contributed by atoms with E-state index in [2.05, 4.69) is 0 Å². The van der Waals surface area contributed by atoms with Gasteiger partial charge in [-0.25, -0.2) is 4.39 Å². The van der Waals surface area contributed by atoms with E-state index in [4.69, 9.17) is 19.7 Å². The predicted molar refractivity (Wildman–Crippen MR) is 90.2 cm³/mol. The third-order valence-corrected chi connectivity index (χ3v) is 4.37. The van der Waals surface area contributed by atoms with Gasteiger partial charge >= 0.3 is 103 Å². The Morgan fingerprint density at radius 1 is 1.35 bits per heavy atom. The van der Waals surface area contributed by atoms with Crippen molar-refractivity contribution in [1.29, 1.82) is 0 Å². The number of rotatable bonds is 4. The molecule has 0 saturated heterocycles. The number of carbonyl (C=O) groups excluding carboxylic acids is 1. The van der Waals surface area contributed by atoms with Crippen molar-refractivity contribution in [2.24, 2.45) is 5.92 Å². The molecule has 0 radical (unpaired) electrons. The summed E-state index contributed by atoms with van der Waals surface area (Å²) in [5, 5.41) is 16.8. The molecule has 3 rings (SSSR count). The van der Waals surface area contributed by atoms with Crippen LogP contribution in [0.2, 0.25) is 0 Å². The van der Waals surface area contributed by atoms with E-state index in [9.17, 15) is 9.18 Å². The molecule has 0 atom stereocenters. The first-order chi connectivity index (χ1) is 11.3. The van der Waals surface area contributed by atoms with Gasteiger partial charge in [0.05, 0.1) is 21.1 Å². The number of hydrogen-bond donors (Lipinski definition) is 0. The average molecular weight is 525 g/mol. The van der Waals surface area contributed by atoms with Crippen LogP contribution < -0.4 is 123 Å². The molecular formula is C16H15FIK2NO5. The first-order valence-electron chi connectivity index (χ1n) is 7.37. The maximum Gasteiger partial charge on any atom is 1.00 e. The summed E-state index contributed by atoms with van der Waals surface area (Å²) in [7, 11) is 0. The normalized spacial score (nSPS) is 12.3. The van der Waals surface area contributed by atoms with Crippen LogP contribution in [0.1, 0.15) is 19.8 Å². The van der Waals surface area contributed by atoms with Gasteiger partial charge in [-0.3, -0.25) is 4.79 Å². The maximum atomic E-state index is 14.1. The Bertz CT molecular complexity index is 822. The Balaban J connectivity index is 0.000000951. The second kappa shape index (κ2) is 12.9. The van der Waals surface area contributed by atoms with Crippen molar-refractivity contribution >= 4 is 39.6 Å². The number of benzene rings is 1. The van der Waals surface area contributed by atoms with Crippen LogP contribution in [0.3, 0.4) is 0 Å². The molecule has 1 aromatic carbocycles. The molecule has 6 nitrogen and oxygen atoms in total. The number of aryl methyl sites for hydroxylation is 1. The SMILES string of the molecule is CCn1cc(I)c(=O)c2c(F)ccc(OCC3CC3)c21.O=C([O-])[O-].[K+].[K+]. The largest absolute Gasteiger partial charge is 1.00 e. The van der Waals surface area contributed by atoms with Gasteiger partial charge in [-0.15, -0.1) is 0 Å². The molecule has 1 aliphatic rings. The number of fused-ring (bicyclic) bond motifs is 1. The van der Waals surface area contributed by atoms with Gasteiger partial charge in [-0.1, -0.05) is 0 Å². The second-order valence-corrected chi connectivity index (χ2v) is 6.53. The van der Waals surface area contributed by atoms with Crippen LogP contribution in [0.4, 0.5) is 9.18 Å². The topological polar surface area (TPSA) is 94.4 Å². The van der Waals surface area contributed by atoms with Crippen molar-refractivity contribution in [1.82, 2.24) is 4.57 Å². The number of carbonyl (C=O) groups is 1. The molecule has 26 heavy (non-hydrogen) atoms. The van der Waals surface area contributed by atoms with Crippen LogP contribution in [-0.4, -0.2) is 17.3 Å². The van der Waals surface area contributed by atoms with Crippen LogP contribution in [0.25, 0.3) is 10.9 Å². The van der Waals surface area contributed by atoms with Crippen molar-refractivity contribution < 1.29 is 127 Å². The van der Waals surface area contributed by atoms with Gasteiger partial charge in [0.15, 0.2) is 0 Å². The van der Waals surface area contributed by atoms with E-state index in [1.807, 2.05) is 34.1 Å². The molecule has 0 spiro atoms. The maximum absolute atomic E-state index is 14.1. The smallest absolute Gasteiger partial charge is 0.652 e. The number of hydrogen-bond acceptors (Lipinski definition) is 5. The Kier molecular flexibility index (Phi) is 13.6. The zero-order valence-electron chi connectivity index (χ0n) is 14.9. The number of pyridine rings is 1. The fraction of sp³-hybridized carbons (Fsp3) is 0.375. The summed E-state index contributed by atoms with van der Waals surface area (Å²) in [5.41, 5.74) is 0.304. The minimum atomic E-state index is -2.33. The van der Waals surface area contributed by atoms with E-state index in [1.54, 1.807) is 12.3 Å². The van der Waals surface area contributed by atoms with Crippen molar-refractivity contribution in [3.63, 3.8) is 0 Å². The monoisotopic (exact) mass is 525 g/mol. The molecule has 0 aliphatic heterocycles. The van der Waals surface area contributed by atoms with Crippen molar-refractivity contribution in [2.75, 3.05) is 6.61 Å². The molecule has 130 valence electrons. The van der Waals surface area contributed by atoms with Crippen LogP contribution in [0.5, 0.6) is 5.75 Å². The Morgan fingerprint density at radius 3 is 2.42 bits per heavy atom. The molecule has 1 saturated carbocycles. The van der Waals surface area contributed by atoms with Crippen molar-refractivity contribution in [3.8, 4) is 5.75 Å². The number of halogens is 2. The molecule has 1 fully saturated rings. The van der Waals surface area contributed by atoms with E-state index < -0.39 is 12.0 Å². The van der Waals surface area contributed by atoms with Gasteiger partial charge in [0.1, 0.15) is 11.6 Å². The summed E-state index contributed by atoms with van der Waals surface area (Å²) < 4.78 is 22.3. The standard InChI is InChI=1S/C15H15FINO2.CH2O3.2K/c1-2-18-7-11(17)15(19)13-10(16)5-6-12(14(13)18)20-8-9-3-4-9;2-1(3)4;;/h5-7,9H,2-4,8H2,1H3;(H2,2,3,4);;/q;;2*+1/p-2. The quantitative estimate of drug-likeness (QED) is 0.295. The molecule has 1 heterocycles. The van der Waals surface area contributed by atoms with E-state index >= 15 is 0 Å². The van der Waals surface area contributed by atoms with E-state index in [1.165, 1.54) is 18.9 Å². The Labute approximate surface area is 248 Å². The molecule has 0 unspecified atom stereocenters. The van der Waals surface area contributed by atoms with Crippen LogP contribution in [0, 0.1) is 15.3 Å². The van der Waals surface area contributed by atoms with Crippen molar-refractivity contribution in [3.05, 3.63) is 37.9 Å². The summed E-state index contributed by atoms with van der Waals surface area (Å²) in [5.74, 6) is 0.730. The predicted octanol–water partition coefficient (Wildman–Crippen LogP) is -4.89. The molecule has 10 heteroatoms. The second-order valence-electron chi connectivity index (χ2n) is 5.37.